The zero-order valence-corrected chi connectivity index (χ0v) is 26.8. The van der Waals surface area contributed by atoms with Crippen LogP contribution in [-0.2, 0) is 32.6 Å². The molecule has 0 radical (unpaired) electrons. The van der Waals surface area contributed by atoms with Crippen LogP contribution in [0.25, 0.3) is 22.7 Å². The molecule has 0 unspecified atom stereocenters. The Morgan fingerprint density at radius 3 is 2.47 bits per heavy atom. The molecule has 0 saturated heterocycles. The van der Waals surface area contributed by atoms with Crippen molar-refractivity contribution in [2.45, 2.75) is 38.5 Å². The number of benzene rings is 3. The van der Waals surface area contributed by atoms with Crippen molar-refractivity contribution in [1.29, 1.82) is 0 Å². The summed E-state index contributed by atoms with van der Waals surface area (Å²) in [4.78, 5) is 29.7. The lowest BCUT2D eigenvalue weighted by molar-refractivity contribution is -0.138. The van der Waals surface area contributed by atoms with Crippen LogP contribution < -0.4 is 5.56 Å². The topological polar surface area (TPSA) is 90.3 Å². The van der Waals surface area contributed by atoms with Gasteiger partial charge in [0.2, 0.25) is 0 Å². The van der Waals surface area contributed by atoms with Gasteiger partial charge in [0.15, 0.2) is 5.82 Å². The summed E-state index contributed by atoms with van der Waals surface area (Å²) < 4.78 is 46.0. The number of carbonyl (C=O) groups is 1. The Kier molecular flexibility index (Phi) is 7.58. The standard InChI is InChI=1S/C34H27BrF3N7O2/c1-20-14-26-29(18-43(20)32(46)23-10-13-28(35)27(16-23)34(36,37)38)45-31(24(17-40-45)15-21-6-4-3-5-7-21)44(33(26)47)25-11-8-22(9-12-25)30-41-39-19-42(30)2/h3-13,16-17,19-20H,14-15,18H2,1-2H3/t20-/m0/s1. The van der Waals surface area contributed by atoms with Gasteiger partial charge in [0.05, 0.1) is 29.7 Å². The Morgan fingerprint density at radius 1 is 1.04 bits per heavy atom. The number of amides is 1. The van der Waals surface area contributed by atoms with Gasteiger partial charge in [-0.15, -0.1) is 10.2 Å². The zero-order chi connectivity index (χ0) is 33.0. The number of aromatic nitrogens is 6. The molecule has 1 aliphatic heterocycles. The van der Waals surface area contributed by atoms with E-state index in [0.29, 0.717) is 34.8 Å². The van der Waals surface area contributed by atoms with Crippen LogP contribution in [-0.4, -0.2) is 45.8 Å². The Hall–Kier alpha value is -5.04. The van der Waals surface area contributed by atoms with Crippen molar-refractivity contribution in [2.24, 2.45) is 7.05 Å². The fraction of sp³-hybridized carbons (Fsp3) is 0.206. The maximum atomic E-state index is 14.4. The molecule has 13 heteroatoms. The zero-order valence-electron chi connectivity index (χ0n) is 25.2. The van der Waals surface area contributed by atoms with Crippen molar-refractivity contribution in [2.75, 3.05) is 0 Å². The lowest BCUT2D eigenvalue weighted by Gasteiger charge is -2.35. The van der Waals surface area contributed by atoms with E-state index < -0.39 is 23.7 Å². The predicted molar refractivity (Wildman–Crippen MR) is 172 cm³/mol. The molecular weight excluding hydrogens is 675 g/mol. The minimum absolute atomic E-state index is 0.00309. The molecule has 1 aliphatic rings. The number of hydrogen-bond acceptors (Lipinski definition) is 5. The van der Waals surface area contributed by atoms with Crippen LogP contribution in [0, 0.1) is 0 Å². The molecular formula is C34H27BrF3N7O2. The fourth-order valence-electron chi connectivity index (χ4n) is 6.18. The highest BCUT2D eigenvalue weighted by Gasteiger charge is 2.36. The van der Waals surface area contributed by atoms with E-state index in [0.717, 1.165) is 22.8 Å². The van der Waals surface area contributed by atoms with Gasteiger partial charge in [-0.1, -0.05) is 46.3 Å². The summed E-state index contributed by atoms with van der Waals surface area (Å²) in [5, 5.41) is 12.9. The number of rotatable bonds is 5. The van der Waals surface area contributed by atoms with E-state index in [9.17, 15) is 22.8 Å². The van der Waals surface area contributed by atoms with E-state index >= 15 is 0 Å². The Labute approximate surface area is 275 Å². The number of aryl methyl sites for hydroxylation is 1. The molecule has 1 atom stereocenters. The van der Waals surface area contributed by atoms with Crippen molar-refractivity contribution in [1.82, 2.24) is 33.8 Å². The third kappa shape index (κ3) is 5.43. The second-order valence-corrected chi connectivity index (χ2v) is 12.5. The predicted octanol–water partition coefficient (Wildman–Crippen LogP) is 6.24. The van der Waals surface area contributed by atoms with Gasteiger partial charge in [-0.2, -0.15) is 18.3 Å². The minimum Gasteiger partial charge on any atom is -0.330 e. The van der Waals surface area contributed by atoms with E-state index in [1.54, 1.807) is 33.1 Å². The van der Waals surface area contributed by atoms with Crippen LogP contribution in [0.2, 0.25) is 0 Å². The lowest BCUT2D eigenvalue weighted by Crippen LogP contribution is -2.46. The summed E-state index contributed by atoms with van der Waals surface area (Å²) in [6, 6.07) is 20.3. The molecule has 3 aromatic carbocycles. The summed E-state index contributed by atoms with van der Waals surface area (Å²) in [7, 11) is 1.85. The molecule has 3 aromatic heterocycles. The van der Waals surface area contributed by atoms with Crippen LogP contribution in [0.1, 0.15) is 45.2 Å². The first-order valence-corrected chi connectivity index (χ1v) is 15.6. The smallest absolute Gasteiger partial charge is 0.330 e. The first-order valence-electron chi connectivity index (χ1n) is 14.8. The monoisotopic (exact) mass is 701 g/mol. The number of hydrogen-bond donors (Lipinski definition) is 0. The summed E-state index contributed by atoms with van der Waals surface area (Å²) >= 11 is 2.95. The number of nitrogens with zero attached hydrogens (tertiary/aromatic N) is 7. The maximum Gasteiger partial charge on any atom is 0.417 e. The third-order valence-corrected chi connectivity index (χ3v) is 9.25. The highest BCUT2D eigenvalue weighted by atomic mass is 79.9. The molecule has 0 fully saturated rings. The summed E-state index contributed by atoms with van der Waals surface area (Å²) in [6.45, 7) is 1.79. The highest BCUT2D eigenvalue weighted by molar-refractivity contribution is 9.10. The number of halogens is 4. The van der Waals surface area contributed by atoms with Gasteiger partial charge in [-0.25, -0.2) is 4.52 Å². The van der Waals surface area contributed by atoms with Gasteiger partial charge in [-0.3, -0.25) is 14.2 Å². The molecule has 4 heterocycles. The van der Waals surface area contributed by atoms with Crippen molar-refractivity contribution in [3.63, 3.8) is 0 Å². The molecule has 9 nitrogen and oxygen atoms in total. The van der Waals surface area contributed by atoms with Gasteiger partial charge in [0.1, 0.15) is 12.0 Å². The van der Waals surface area contributed by atoms with Gasteiger partial charge < -0.3 is 9.47 Å². The molecule has 0 N–H and O–H groups in total. The number of alkyl halides is 3. The average Bonchev–Trinajstić information content (AvgIpc) is 3.67. The summed E-state index contributed by atoms with van der Waals surface area (Å²) in [6.07, 6.45) is -0.602. The Morgan fingerprint density at radius 2 is 1.79 bits per heavy atom. The van der Waals surface area contributed by atoms with Crippen molar-refractivity contribution in [3.05, 3.63) is 134 Å². The molecule has 0 bridgehead atoms. The van der Waals surface area contributed by atoms with Gasteiger partial charge in [0.25, 0.3) is 11.5 Å². The molecule has 0 saturated carbocycles. The first-order chi connectivity index (χ1) is 22.5. The summed E-state index contributed by atoms with van der Waals surface area (Å²) in [5.74, 6) is 0.120. The van der Waals surface area contributed by atoms with E-state index in [1.807, 2.05) is 61.6 Å². The quantitative estimate of drug-likeness (QED) is 0.212. The van der Waals surface area contributed by atoms with Gasteiger partial charge in [0, 0.05) is 46.2 Å². The van der Waals surface area contributed by atoms with Crippen LogP contribution >= 0.6 is 15.9 Å². The van der Waals surface area contributed by atoms with E-state index in [4.69, 9.17) is 5.10 Å². The average molecular weight is 703 g/mol. The molecule has 0 spiro atoms. The van der Waals surface area contributed by atoms with Crippen molar-refractivity contribution >= 4 is 27.5 Å². The molecule has 47 heavy (non-hydrogen) atoms. The molecule has 7 rings (SSSR count). The van der Waals surface area contributed by atoms with Crippen LogP contribution in [0.4, 0.5) is 13.2 Å². The Bertz CT molecular complexity index is 2210. The first kappa shape index (κ1) is 30.6. The largest absolute Gasteiger partial charge is 0.417 e. The second kappa shape index (κ2) is 11.6. The Balaban J connectivity index is 1.36. The summed E-state index contributed by atoms with van der Waals surface area (Å²) in [5.41, 5.74) is 3.59. The van der Waals surface area contributed by atoms with E-state index in [1.165, 1.54) is 17.0 Å². The lowest BCUT2D eigenvalue weighted by atomic mass is 9.97. The molecule has 1 amide bonds. The minimum atomic E-state index is -4.64. The maximum absolute atomic E-state index is 14.4. The normalized spacial score (nSPS) is 14.9. The van der Waals surface area contributed by atoms with Crippen molar-refractivity contribution in [3.8, 4) is 17.1 Å². The van der Waals surface area contributed by atoms with E-state index in [-0.39, 0.29) is 28.6 Å². The molecule has 6 aromatic rings. The second-order valence-electron chi connectivity index (χ2n) is 11.6. The number of carbonyl (C=O) groups excluding carboxylic acids is 1. The van der Waals surface area contributed by atoms with Gasteiger partial charge >= 0.3 is 6.18 Å². The van der Waals surface area contributed by atoms with Crippen LogP contribution in [0.15, 0.2) is 94.6 Å². The van der Waals surface area contributed by atoms with Crippen LogP contribution in [0.3, 0.4) is 0 Å². The highest BCUT2D eigenvalue weighted by Crippen LogP contribution is 2.36. The SMILES string of the molecule is C[C@H]1Cc2c(n3ncc(Cc4ccccc4)c3n(-c3ccc(-c4nncn4C)cc3)c2=O)CN1C(=O)c1ccc(Br)c(C(F)(F)F)c1. The third-order valence-electron chi connectivity index (χ3n) is 8.56. The number of fused-ring (bicyclic) bond motifs is 3. The fourth-order valence-corrected chi connectivity index (χ4v) is 6.65. The van der Waals surface area contributed by atoms with Crippen LogP contribution in [0.5, 0.6) is 0 Å². The molecule has 238 valence electrons. The van der Waals surface area contributed by atoms with Gasteiger partial charge in [-0.05, 0) is 61.4 Å². The molecule has 0 aliphatic carbocycles. The van der Waals surface area contributed by atoms with E-state index in [2.05, 4.69) is 26.1 Å². The van der Waals surface area contributed by atoms with Crippen molar-refractivity contribution < 1.29 is 18.0 Å².